The van der Waals surface area contributed by atoms with E-state index in [1.54, 1.807) is 4.90 Å². The van der Waals surface area contributed by atoms with E-state index in [2.05, 4.69) is 0 Å². The molecule has 22 heavy (non-hydrogen) atoms. The van der Waals surface area contributed by atoms with Gasteiger partial charge < -0.3 is 14.4 Å². The lowest BCUT2D eigenvalue weighted by molar-refractivity contribution is -0.144. The van der Waals surface area contributed by atoms with Crippen LogP contribution in [-0.2, 0) is 14.3 Å². The third kappa shape index (κ3) is 3.71. The van der Waals surface area contributed by atoms with Gasteiger partial charge in [0.1, 0.15) is 5.92 Å². The van der Waals surface area contributed by atoms with Crippen LogP contribution in [0.5, 0.6) is 0 Å². The molecule has 1 heterocycles. The zero-order chi connectivity index (χ0) is 15.9. The summed E-state index contributed by atoms with van der Waals surface area (Å²) in [6.45, 7) is 0.556. The van der Waals surface area contributed by atoms with Crippen molar-refractivity contribution in [3.8, 4) is 0 Å². The highest BCUT2D eigenvalue weighted by molar-refractivity contribution is 6.17. The Morgan fingerprint density at radius 3 is 2.68 bits per heavy atom. The molecule has 1 aliphatic heterocycles. The molecule has 1 fully saturated rings. The summed E-state index contributed by atoms with van der Waals surface area (Å²) in [5.41, 5.74) is 0.838. The van der Waals surface area contributed by atoms with Crippen molar-refractivity contribution in [2.24, 2.45) is 0 Å². The van der Waals surface area contributed by atoms with E-state index in [9.17, 15) is 9.59 Å². The van der Waals surface area contributed by atoms with Gasteiger partial charge in [-0.25, -0.2) is 4.79 Å². The van der Waals surface area contributed by atoms with Gasteiger partial charge in [-0.15, -0.1) is 0 Å². The minimum atomic E-state index is -0.519. The zero-order valence-corrected chi connectivity index (χ0v) is 13.3. The molecule has 1 amide bonds. The van der Waals surface area contributed by atoms with Gasteiger partial charge in [0, 0.05) is 6.54 Å². The topological polar surface area (TPSA) is 55.8 Å². The number of likely N-dealkylation sites (tertiary alicyclic amines) is 1. The number of alkyl halides is 1. The number of rotatable bonds is 4. The summed E-state index contributed by atoms with van der Waals surface area (Å²) in [5, 5.41) is 0. The number of hydrogen-bond acceptors (Lipinski definition) is 4. The minimum absolute atomic E-state index is 0.198. The summed E-state index contributed by atoms with van der Waals surface area (Å²) in [7, 11) is 1.36. The van der Waals surface area contributed by atoms with Crippen LogP contribution < -0.4 is 0 Å². The van der Waals surface area contributed by atoms with Crippen molar-refractivity contribution >= 4 is 23.7 Å². The smallest absolute Gasteiger partial charge is 0.411 e. The summed E-state index contributed by atoms with van der Waals surface area (Å²) < 4.78 is 9.88. The molecule has 0 bridgehead atoms. The number of nitrogens with zero attached hydrogens (tertiary/aromatic N) is 1. The van der Waals surface area contributed by atoms with Crippen molar-refractivity contribution in [1.82, 2.24) is 4.90 Å². The molecule has 1 aromatic carbocycles. The van der Waals surface area contributed by atoms with Gasteiger partial charge in [-0.1, -0.05) is 41.9 Å². The van der Waals surface area contributed by atoms with E-state index < -0.39 is 12.0 Å². The Hall–Kier alpha value is -1.75. The molecule has 5 nitrogen and oxygen atoms in total. The molecule has 0 N–H and O–H groups in total. The fourth-order valence-electron chi connectivity index (χ4n) is 2.96. The van der Waals surface area contributed by atoms with E-state index in [0.29, 0.717) is 6.54 Å². The fraction of sp³-hybridized carbons (Fsp3) is 0.500. The van der Waals surface area contributed by atoms with E-state index in [1.807, 2.05) is 30.3 Å². The molecule has 0 saturated carbocycles. The second-order valence-corrected chi connectivity index (χ2v) is 5.41. The number of hydrogen-bond donors (Lipinski definition) is 0. The second-order valence-electron chi connectivity index (χ2n) is 5.19. The number of piperidine rings is 1. The SMILES string of the molecule is COC(=O)C(c1ccccc1)[C@H]1CCCCN1C(=O)OCCl. The van der Waals surface area contributed by atoms with Crippen LogP contribution in [0.1, 0.15) is 30.7 Å². The molecule has 6 heteroatoms. The predicted octanol–water partition coefficient (Wildman–Crippen LogP) is 3.13. The Balaban J connectivity index is 2.31. The van der Waals surface area contributed by atoms with Crippen LogP contribution in [0.15, 0.2) is 30.3 Å². The van der Waals surface area contributed by atoms with Gasteiger partial charge in [0.25, 0.3) is 0 Å². The molecule has 0 radical (unpaired) electrons. The van der Waals surface area contributed by atoms with Gasteiger partial charge >= 0.3 is 12.1 Å². The molecule has 1 saturated heterocycles. The summed E-state index contributed by atoms with van der Waals surface area (Å²) in [5.74, 6) is -0.865. The normalized spacial score (nSPS) is 19.4. The Kier molecular flexibility index (Phi) is 6.07. The summed E-state index contributed by atoms with van der Waals surface area (Å²) >= 11 is 5.49. The third-order valence-electron chi connectivity index (χ3n) is 3.96. The van der Waals surface area contributed by atoms with Gasteiger partial charge in [0.2, 0.25) is 0 Å². The summed E-state index contributed by atoms with van der Waals surface area (Å²) in [6, 6.07) is 8.90. The Morgan fingerprint density at radius 1 is 1.32 bits per heavy atom. The van der Waals surface area contributed by atoms with Gasteiger partial charge in [0.05, 0.1) is 13.2 Å². The van der Waals surface area contributed by atoms with Crippen LogP contribution in [0.4, 0.5) is 4.79 Å². The first kappa shape index (κ1) is 16.6. The first-order valence-electron chi connectivity index (χ1n) is 7.31. The molecule has 2 atom stereocenters. The Bertz CT molecular complexity index is 508. The lowest BCUT2D eigenvalue weighted by Crippen LogP contribution is -2.49. The first-order valence-corrected chi connectivity index (χ1v) is 7.84. The first-order chi connectivity index (χ1) is 10.7. The fourth-order valence-corrected chi connectivity index (χ4v) is 3.06. The molecular weight excluding hydrogens is 306 g/mol. The van der Waals surface area contributed by atoms with Crippen LogP contribution in [0, 0.1) is 0 Å². The number of carbonyl (C=O) groups is 2. The maximum atomic E-state index is 12.3. The summed E-state index contributed by atoms with van der Waals surface area (Å²) in [6.07, 6.45) is 2.09. The standard InChI is InChI=1S/C16H20ClNO4/c1-21-15(19)14(12-7-3-2-4-8-12)13-9-5-6-10-18(13)16(20)22-11-17/h2-4,7-8,13-14H,5-6,9-11H2,1H3/t13-,14?/m1/s1. The average Bonchev–Trinajstić information content (AvgIpc) is 2.56. The van der Waals surface area contributed by atoms with Crippen molar-refractivity contribution in [1.29, 1.82) is 0 Å². The van der Waals surface area contributed by atoms with E-state index in [-0.39, 0.29) is 18.1 Å². The van der Waals surface area contributed by atoms with E-state index >= 15 is 0 Å². The molecule has 1 aliphatic rings. The van der Waals surface area contributed by atoms with Crippen LogP contribution in [0.2, 0.25) is 0 Å². The highest BCUT2D eigenvalue weighted by Crippen LogP contribution is 2.32. The number of benzene rings is 1. The molecule has 0 spiro atoms. The number of ether oxygens (including phenoxy) is 2. The number of halogens is 1. The van der Waals surface area contributed by atoms with Crippen molar-refractivity contribution in [3.05, 3.63) is 35.9 Å². The molecule has 0 aromatic heterocycles. The number of carbonyl (C=O) groups excluding carboxylic acids is 2. The highest BCUT2D eigenvalue weighted by atomic mass is 35.5. The molecule has 0 aliphatic carbocycles. The second kappa shape index (κ2) is 8.03. The predicted molar refractivity (Wildman–Crippen MR) is 82.7 cm³/mol. The quantitative estimate of drug-likeness (QED) is 0.630. The third-order valence-corrected chi connectivity index (χ3v) is 4.07. The van der Waals surface area contributed by atoms with Crippen molar-refractivity contribution in [2.75, 3.05) is 19.7 Å². The van der Waals surface area contributed by atoms with Crippen LogP contribution in [0.3, 0.4) is 0 Å². The van der Waals surface area contributed by atoms with Crippen molar-refractivity contribution < 1.29 is 19.1 Å². The van der Waals surface area contributed by atoms with Gasteiger partial charge in [-0.05, 0) is 24.8 Å². The van der Waals surface area contributed by atoms with Crippen LogP contribution in [0.25, 0.3) is 0 Å². The number of methoxy groups -OCH3 is 1. The van der Waals surface area contributed by atoms with E-state index in [0.717, 1.165) is 24.8 Å². The maximum Gasteiger partial charge on any atom is 0.411 e. The largest absolute Gasteiger partial charge is 0.468 e. The minimum Gasteiger partial charge on any atom is -0.468 e. The molecule has 1 unspecified atom stereocenters. The van der Waals surface area contributed by atoms with Crippen LogP contribution in [-0.4, -0.2) is 42.7 Å². The lowest BCUT2D eigenvalue weighted by Gasteiger charge is -2.38. The van der Waals surface area contributed by atoms with Crippen LogP contribution >= 0.6 is 11.6 Å². The number of amides is 1. The van der Waals surface area contributed by atoms with Crippen molar-refractivity contribution in [2.45, 2.75) is 31.2 Å². The van der Waals surface area contributed by atoms with Gasteiger partial charge in [0.15, 0.2) is 6.07 Å². The van der Waals surface area contributed by atoms with Gasteiger partial charge in [-0.2, -0.15) is 0 Å². The van der Waals surface area contributed by atoms with Crippen molar-refractivity contribution in [3.63, 3.8) is 0 Å². The maximum absolute atomic E-state index is 12.3. The average molecular weight is 326 g/mol. The van der Waals surface area contributed by atoms with Gasteiger partial charge in [-0.3, -0.25) is 4.79 Å². The Labute approximate surface area is 135 Å². The molecule has 2 rings (SSSR count). The zero-order valence-electron chi connectivity index (χ0n) is 12.5. The molecular formula is C16H20ClNO4. The Morgan fingerprint density at radius 2 is 2.05 bits per heavy atom. The number of esters is 1. The summed E-state index contributed by atoms with van der Waals surface area (Å²) in [4.78, 5) is 26.0. The van der Waals surface area contributed by atoms with E-state index in [1.165, 1.54) is 7.11 Å². The van der Waals surface area contributed by atoms with E-state index in [4.69, 9.17) is 21.1 Å². The molecule has 1 aromatic rings. The monoisotopic (exact) mass is 325 g/mol. The highest BCUT2D eigenvalue weighted by Gasteiger charge is 2.39. The molecule has 120 valence electrons. The lowest BCUT2D eigenvalue weighted by atomic mass is 9.85.